The lowest BCUT2D eigenvalue weighted by molar-refractivity contribution is -0.149. The van der Waals surface area contributed by atoms with Gasteiger partial charge in [-0.1, -0.05) is 6.92 Å². The highest BCUT2D eigenvalue weighted by molar-refractivity contribution is 5.74. The molecular weight excluding hydrogens is 218 g/mol. The zero-order valence-corrected chi connectivity index (χ0v) is 11.2. The van der Waals surface area contributed by atoms with Crippen molar-refractivity contribution in [1.29, 1.82) is 0 Å². The standard InChI is InChI=1S/C13H25NO3/c1-4-13(2,12(15)16)10-14-7-5-6-11(8-14)9-17-3/h11H,4-10H2,1-3H3,(H,15,16). The first kappa shape index (κ1) is 14.5. The van der Waals surface area contributed by atoms with Gasteiger partial charge in [-0.2, -0.15) is 0 Å². The van der Waals surface area contributed by atoms with Gasteiger partial charge in [-0.25, -0.2) is 0 Å². The lowest BCUT2D eigenvalue weighted by atomic mass is 9.86. The normalized spacial score (nSPS) is 25.5. The molecule has 0 aromatic carbocycles. The van der Waals surface area contributed by atoms with Crippen molar-refractivity contribution >= 4 is 5.97 Å². The van der Waals surface area contributed by atoms with Crippen molar-refractivity contribution in [2.45, 2.75) is 33.1 Å². The first-order valence-corrected chi connectivity index (χ1v) is 6.46. The number of hydrogen-bond acceptors (Lipinski definition) is 3. The molecule has 1 heterocycles. The third kappa shape index (κ3) is 3.96. The molecule has 1 rings (SSSR count). The number of carboxylic acid groups (broad SMARTS) is 1. The Kier molecular flexibility index (Phi) is 5.40. The molecule has 0 radical (unpaired) electrons. The SMILES string of the molecule is CCC(C)(CN1CCCC(COC)C1)C(=O)O. The van der Waals surface area contributed by atoms with Crippen molar-refractivity contribution in [2.75, 3.05) is 33.4 Å². The number of likely N-dealkylation sites (tertiary alicyclic amines) is 1. The van der Waals surface area contributed by atoms with Gasteiger partial charge in [0.05, 0.1) is 12.0 Å². The van der Waals surface area contributed by atoms with Crippen LogP contribution in [0.2, 0.25) is 0 Å². The number of piperidine rings is 1. The van der Waals surface area contributed by atoms with E-state index in [0.29, 0.717) is 18.9 Å². The van der Waals surface area contributed by atoms with Crippen molar-refractivity contribution in [2.24, 2.45) is 11.3 Å². The van der Waals surface area contributed by atoms with Crippen molar-refractivity contribution < 1.29 is 14.6 Å². The number of carbonyl (C=O) groups is 1. The van der Waals surface area contributed by atoms with Crippen LogP contribution in [0.5, 0.6) is 0 Å². The number of ether oxygens (including phenoxy) is 1. The smallest absolute Gasteiger partial charge is 0.310 e. The van der Waals surface area contributed by atoms with Gasteiger partial charge in [-0.3, -0.25) is 4.79 Å². The Labute approximate surface area is 104 Å². The fourth-order valence-electron chi connectivity index (χ4n) is 2.49. The van der Waals surface area contributed by atoms with E-state index in [1.807, 2.05) is 13.8 Å². The van der Waals surface area contributed by atoms with Crippen molar-refractivity contribution in [3.63, 3.8) is 0 Å². The molecule has 4 heteroatoms. The fraction of sp³-hybridized carbons (Fsp3) is 0.923. The summed E-state index contributed by atoms with van der Waals surface area (Å²) in [6.07, 6.45) is 3.02. The average molecular weight is 243 g/mol. The summed E-state index contributed by atoms with van der Waals surface area (Å²) in [5.41, 5.74) is -0.616. The number of nitrogens with zero attached hydrogens (tertiary/aromatic N) is 1. The molecule has 0 bridgehead atoms. The van der Waals surface area contributed by atoms with Gasteiger partial charge in [-0.05, 0) is 38.6 Å². The summed E-state index contributed by atoms with van der Waals surface area (Å²) in [4.78, 5) is 13.6. The maximum absolute atomic E-state index is 11.3. The number of rotatable bonds is 6. The molecule has 2 atom stereocenters. The number of hydrogen-bond donors (Lipinski definition) is 1. The Bertz CT molecular complexity index is 255. The summed E-state index contributed by atoms with van der Waals surface area (Å²) >= 11 is 0. The van der Waals surface area contributed by atoms with Crippen LogP contribution < -0.4 is 0 Å². The largest absolute Gasteiger partial charge is 0.481 e. The second-order valence-corrected chi connectivity index (χ2v) is 5.42. The number of aliphatic carboxylic acids is 1. The summed E-state index contributed by atoms with van der Waals surface area (Å²) in [6.45, 7) is 7.21. The Morgan fingerprint density at radius 3 is 2.82 bits per heavy atom. The Morgan fingerprint density at radius 1 is 1.59 bits per heavy atom. The average Bonchev–Trinajstić information content (AvgIpc) is 2.29. The first-order valence-electron chi connectivity index (χ1n) is 6.46. The quantitative estimate of drug-likeness (QED) is 0.773. The molecule has 0 aromatic rings. The molecule has 17 heavy (non-hydrogen) atoms. The number of carboxylic acids is 1. The molecule has 1 aliphatic heterocycles. The van der Waals surface area contributed by atoms with E-state index in [2.05, 4.69) is 4.90 Å². The van der Waals surface area contributed by atoms with Crippen LogP contribution in [0.4, 0.5) is 0 Å². The van der Waals surface area contributed by atoms with Crippen LogP contribution >= 0.6 is 0 Å². The molecule has 1 aliphatic rings. The lowest BCUT2D eigenvalue weighted by Gasteiger charge is -2.37. The highest BCUT2D eigenvalue weighted by Gasteiger charge is 2.34. The highest BCUT2D eigenvalue weighted by atomic mass is 16.5. The Hall–Kier alpha value is -0.610. The van der Waals surface area contributed by atoms with Gasteiger partial charge in [-0.15, -0.1) is 0 Å². The summed E-state index contributed by atoms with van der Waals surface area (Å²) in [6, 6.07) is 0. The highest BCUT2D eigenvalue weighted by Crippen LogP contribution is 2.26. The minimum Gasteiger partial charge on any atom is -0.481 e. The molecule has 2 unspecified atom stereocenters. The van der Waals surface area contributed by atoms with E-state index in [-0.39, 0.29) is 0 Å². The summed E-state index contributed by atoms with van der Waals surface area (Å²) < 4.78 is 5.19. The van der Waals surface area contributed by atoms with Gasteiger partial charge < -0.3 is 14.7 Å². The van der Waals surface area contributed by atoms with Gasteiger partial charge >= 0.3 is 5.97 Å². The van der Waals surface area contributed by atoms with Gasteiger partial charge in [0.1, 0.15) is 0 Å². The molecule has 0 saturated carbocycles. The van der Waals surface area contributed by atoms with Crippen LogP contribution in [0, 0.1) is 11.3 Å². The van der Waals surface area contributed by atoms with E-state index in [0.717, 1.165) is 26.1 Å². The maximum atomic E-state index is 11.3. The van der Waals surface area contributed by atoms with Crippen molar-refractivity contribution in [3.05, 3.63) is 0 Å². The van der Waals surface area contributed by atoms with Crippen LogP contribution in [0.3, 0.4) is 0 Å². The monoisotopic (exact) mass is 243 g/mol. The molecule has 4 nitrogen and oxygen atoms in total. The third-order valence-electron chi connectivity index (χ3n) is 3.87. The summed E-state index contributed by atoms with van der Waals surface area (Å²) in [7, 11) is 1.73. The predicted octanol–water partition coefficient (Wildman–Crippen LogP) is 1.85. The molecule has 1 N–H and O–H groups in total. The zero-order chi connectivity index (χ0) is 12.9. The fourth-order valence-corrected chi connectivity index (χ4v) is 2.49. The van der Waals surface area contributed by atoms with Crippen molar-refractivity contribution in [3.8, 4) is 0 Å². The molecule has 0 aromatic heterocycles. The lowest BCUT2D eigenvalue weighted by Crippen LogP contribution is -2.45. The molecule has 1 saturated heterocycles. The van der Waals surface area contributed by atoms with E-state index in [1.165, 1.54) is 6.42 Å². The van der Waals surface area contributed by atoms with E-state index < -0.39 is 11.4 Å². The molecule has 0 spiro atoms. The first-order chi connectivity index (χ1) is 8.01. The number of methoxy groups -OCH3 is 1. The minimum absolute atomic E-state index is 0.559. The molecule has 0 amide bonds. The van der Waals surface area contributed by atoms with Gasteiger partial charge in [0.2, 0.25) is 0 Å². The summed E-state index contributed by atoms with van der Waals surface area (Å²) in [5, 5.41) is 9.28. The second kappa shape index (κ2) is 6.36. The predicted molar refractivity (Wildman–Crippen MR) is 67.1 cm³/mol. The van der Waals surface area contributed by atoms with Gasteiger partial charge in [0.15, 0.2) is 0 Å². The Balaban J connectivity index is 2.52. The van der Waals surface area contributed by atoms with Crippen LogP contribution in [-0.4, -0.2) is 49.3 Å². The topological polar surface area (TPSA) is 49.8 Å². The van der Waals surface area contributed by atoms with Gasteiger partial charge in [0, 0.05) is 20.2 Å². The van der Waals surface area contributed by atoms with Crippen LogP contribution in [0.25, 0.3) is 0 Å². The zero-order valence-electron chi connectivity index (χ0n) is 11.2. The van der Waals surface area contributed by atoms with E-state index in [4.69, 9.17) is 4.74 Å². The molecule has 0 aliphatic carbocycles. The second-order valence-electron chi connectivity index (χ2n) is 5.42. The minimum atomic E-state index is -0.686. The molecule has 1 fully saturated rings. The van der Waals surface area contributed by atoms with E-state index in [1.54, 1.807) is 7.11 Å². The van der Waals surface area contributed by atoms with E-state index in [9.17, 15) is 9.90 Å². The van der Waals surface area contributed by atoms with Gasteiger partial charge in [0.25, 0.3) is 0 Å². The maximum Gasteiger partial charge on any atom is 0.310 e. The van der Waals surface area contributed by atoms with E-state index >= 15 is 0 Å². The van der Waals surface area contributed by atoms with Crippen molar-refractivity contribution in [1.82, 2.24) is 4.90 Å². The Morgan fingerprint density at radius 2 is 2.29 bits per heavy atom. The molecule has 100 valence electrons. The van der Waals surface area contributed by atoms with Crippen LogP contribution in [0.1, 0.15) is 33.1 Å². The van der Waals surface area contributed by atoms with Crippen LogP contribution in [0.15, 0.2) is 0 Å². The van der Waals surface area contributed by atoms with Crippen LogP contribution in [-0.2, 0) is 9.53 Å². The third-order valence-corrected chi connectivity index (χ3v) is 3.87. The summed E-state index contributed by atoms with van der Waals surface area (Å²) in [5.74, 6) is -0.127. The molecular formula is C13H25NO3.